The van der Waals surface area contributed by atoms with Gasteiger partial charge in [-0.3, -0.25) is 19.4 Å². The van der Waals surface area contributed by atoms with E-state index in [9.17, 15) is 9.59 Å². The number of carbonyl (C=O) groups excluding carboxylic acids is 2. The van der Waals surface area contributed by atoms with E-state index in [2.05, 4.69) is 0 Å². The van der Waals surface area contributed by atoms with Crippen molar-refractivity contribution in [3.63, 3.8) is 0 Å². The molecule has 1 aromatic carbocycles. The van der Waals surface area contributed by atoms with Crippen LogP contribution in [0.15, 0.2) is 24.3 Å². The van der Waals surface area contributed by atoms with Gasteiger partial charge in [0.25, 0.3) is 0 Å². The molecule has 0 N–H and O–H groups in total. The molecule has 17 heavy (non-hydrogen) atoms. The van der Waals surface area contributed by atoms with Gasteiger partial charge in [-0.25, -0.2) is 0 Å². The minimum absolute atomic E-state index is 0.472. The van der Waals surface area contributed by atoms with Gasteiger partial charge in [0, 0.05) is 13.1 Å². The van der Waals surface area contributed by atoms with Gasteiger partial charge in [-0.05, 0) is 41.8 Å². The van der Waals surface area contributed by atoms with Gasteiger partial charge in [0.15, 0.2) is 0 Å². The Kier molecular flexibility index (Phi) is 3.54. The van der Waals surface area contributed by atoms with Crippen LogP contribution in [0.1, 0.15) is 6.42 Å². The SMILES string of the molecule is O=C(Cl)N1CCCN(C(=O)Cl)c2ccccc21. The Morgan fingerprint density at radius 2 is 1.35 bits per heavy atom. The third-order valence-corrected chi connectivity index (χ3v) is 3.06. The van der Waals surface area contributed by atoms with E-state index in [1.54, 1.807) is 24.3 Å². The van der Waals surface area contributed by atoms with Crippen LogP contribution in [0.25, 0.3) is 0 Å². The average molecular weight is 273 g/mol. The molecule has 0 spiro atoms. The van der Waals surface area contributed by atoms with Crippen LogP contribution in [0.2, 0.25) is 0 Å². The molecule has 0 aliphatic carbocycles. The maximum absolute atomic E-state index is 11.3. The van der Waals surface area contributed by atoms with E-state index < -0.39 is 10.7 Å². The Hall–Kier alpha value is -1.26. The van der Waals surface area contributed by atoms with Gasteiger partial charge in [0.05, 0.1) is 11.4 Å². The fraction of sp³-hybridized carbons (Fsp3) is 0.273. The molecule has 0 aromatic heterocycles. The Labute approximate surface area is 109 Å². The van der Waals surface area contributed by atoms with Gasteiger partial charge in [0.1, 0.15) is 0 Å². The summed E-state index contributed by atoms with van der Waals surface area (Å²) in [5.74, 6) is 0. The number of fused-ring (bicyclic) bond motifs is 1. The quantitative estimate of drug-likeness (QED) is 0.536. The number of nitrogens with zero attached hydrogens (tertiary/aromatic N) is 2. The summed E-state index contributed by atoms with van der Waals surface area (Å²) < 4.78 is 0. The van der Waals surface area contributed by atoms with Crippen LogP contribution >= 0.6 is 23.2 Å². The van der Waals surface area contributed by atoms with Crippen molar-refractivity contribution in [1.29, 1.82) is 0 Å². The van der Waals surface area contributed by atoms with E-state index in [1.165, 1.54) is 9.80 Å². The third kappa shape index (κ3) is 2.37. The van der Waals surface area contributed by atoms with Gasteiger partial charge in [-0.1, -0.05) is 12.1 Å². The Balaban J connectivity index is 2.51. The molecule has 2 amide bonds. The first-order valence-electron chi connectivity index (χ1n) is 5.14. The first-order chi connectivity index (χ1) is 8.11. The van der Waals surface area contributed by atoms with E-state index in [-0.39, 0.29) is 0 Å². The average Bonchev–Trinajstić information content (AvgIpc) is 2.48. The van der Waals surface area contributed by atoms with Crippen molar-refractivity contribution in [1.82, 2.24) is 0 Å². The first-order valence-corrected chi connectivity index (χ1v) is 5.90. The van der Waals surface area contributed by atoms with E-state index in [0.717, 1.165) is 0 Å². The summed E-state index contributed by atoms with van der Waals surface area (Å²) in [4.78, 5) is 25.6. The summed E-state index contributed by atoms with van der Waals surface area (Å²) in [5, 5.41) is -1.11. The molecule has 0 bridgehead atoms. The zero-order valence-corrected chi connectivity index (χ0v) is 10.4. The van der Waals surface area contributed by atoms with Crippen molar-refractivity contribution in [2.24, 2.45) is 0 Å². The Morgan fingerprint density at radius 3 is 1.71 bits per heavy atom. The van der Waals surface area contributed by atoms with Gasteiger partial charge in [-0.15, -0.1) is 0 Å². The fourth-order valence-corrected chi connectivity index (χ4v) is 2.26. The molecule has 0 radical (unpaired) electrons. The molecule has 1 heterocycles. The van der Waals surface area contributed by atoms with Crippen LogP contribution in [0.3, 0.4) is 0 Å². The Bertz CT molecular complexity index is 424. The number of para-hydroxylation sites is 2. The molecule has 1 aromatic rings. The summed E-state index contributed by atoms with van der Waals surface area (Å²) >= 11 is 11.1. The summed E-state index contributed by atoms with van der Waals surface area (Å²) in [6, 6.07) is 7.06. The molecule has 0 fully saturated rings. The largest absolute Gasteiger partial charge is 0.320 e. The predicted octanol–water partition coefficient (Wildman–Crippen LogP) is 3.42. The number of anilines is 2. The molecular formula is C11H10Cl2N2O2. The van der Waals surface area contributed by atoms with Crippen molar-refractivity contribution < 1.29 is 9.59 Å². The second-order valence-corrected chi connectivity index (χ2v) is 4.30. The Morgan fingerprint density at radius 1 is 0.941 bits per heavy atom. The van der Waals surface area contributed by atoms with Crippen molar-refractivity contribution >= 4 is 45.3 Å². The van der Waals surface area contributed by atoms with E-state index in [0.29, 0.717) is 30.9 Å². The summed E-state index contributed by atoms with van der Waals surface area (Å²) in [5.41, 5.74) is 1.22. The lowest BCUT2D eigenvalue weighted by Gasteiger charge is -2.22. The molecule has 0 atom stereocenters. The molecule has 90 valence electrons. The lowest BCUT2D eigenvalue weighted by Crippen LogP contribution is -2.26. The minimum Gasteiger partial charge on any atom is -0.297 e. The van der Waals surface area contributed by atoms with Crippen LogP contribution in [0, 0.1) is 0 Å². The lowest BCUT2D eigenvalue weighted by atomic mass is 10.2. The molecule has 4 nitrogen and oxygen atoms in total. The fourth-order valence-electron chi connectivity index (χ4n) is 1.91. The highest BCUT2D eigenvalue weighted by Gasteiger charge is 2.25. The van der Waals surface area contributed by atoms with Gasteiger partial charge >= 0.3 is 10.7 Å². The highest BCUT2D eigenvalue weighted by atomic mass is 35.5. The second kappa shape index (κ2) is 4.94. The van der Waals surface area contributed by atoms with Crippen LogP contribution in [0.5, 0.6) is 0 Å². The van der Waals surface area contributed by atoms with E-state index >= 15 is 0 Å². The molecule has 0 saturated heterocycles. The minimum atomic E-state index is -0.554. The molecule has 6 heteroatoms. The van der Waals surface area contributed by atoms with E-state index in [1.807, 2.05) is 0 Å². The molecule has 1 aliphatic heterocycles. The number of benzene rings is 1. The second-order valence-electron chi connectivity index (χ2n) is 3.65. The first kappa shape index (κ1) is 12.2. The van der Waals surface area contributed by atoms with Gasteiger partial charge in [0.2, 0.25) is 0 Å². The van der Waals surface area contributed by atoms with Crippen LogP contribution in [-0.2, 0) is 0 Å². The standard InChI is InChI=1S/C11H10Cl2N2O2/c12-10(16)14-6-3-7-15(11(13)17)9-5-2-1-4-8(9)14/h1-2,4-5H,3,6-7H2. The summed E-state index contributed by atoms with van der Waals surface area (Å²) in [6.07, 6.45) is 0.631. The van der Waals surface area contributed by atoms with Crippen molar-refractivity contribution in [2.75, 3.05) is 22.9 Å². The third-order valence-electron chi connectivity index (χ3n) is 2.65. The highest BCUT2D eigenvalue weighted by molar-refractivity contribution is 6.67. The number of carbonyl (C=O) groups is 2. The van der Waals surface area contributed by atoms with Crippen molar-refractivity contribution in [3.8, 4) is 0 Å². The monoisotopic (exact) mass is 272 g/mol. The topological polar surface area (TPSA) is 40.6 Å². The summed E-state index contributed by atoms with van der Waals surface area (Å²) in [6.45, 7) is 0.944. The number of rotatable bonds is 0. The molecule has 0 unspecified atom stereocenters. The van der Waals surface area contributed by atoms with Crippen molar-refractivity contribution in [3.05, 3.63) is 24.3 Å². The lowest BCUT2D eigenvalue weighted by molar-refractivity contribution is 0.264. The molecule has 2 rings (SSSR count). The summed E-state index contributed by atoms with van der Waals surface area (Å²) in [7, 11) is 0. The normalized spacial score (nSPS) is 15.2. The molecule has 0 saturated carbocycles. The highest BCUT2D eigenvalue weighted by Crippen LogP contribution is 2.33. The maximum Gasteiger partial charge on any atom is 0.320 e. The van der Waals surface area contributed by atoms with Gasteiger partial charge < -0.3 is 0 Å². The van der Waals surface area contributed by atoms with E-state index in [4.69, 9.17) is 23.2 Å². The predicted molar refractivity (Wildman–Crippen MR) is 68.2 cm³/mol. The number of hydrogen-bond acceptors (Lipinski definition) is 2. The van der Waals surface area contributed by atoms with Crippen LogP contribution in [0.4, 0.5) is 21.0 Å². The molecule has 1 aliphatic rings. The number of hydrogen-bond donors (Lipinski definition) is 0. The van der Waals surface area contributed by atoms with Crippen molar-refractivity contribution in [2.45, 2.75) is 6.42 Å². The van der Waals surface area contributed by atoms with Crippen LogP contribution in [-0.4, -0.2) is 23.8 Å². The molecular weight excluding hydrogens is 263 g/mol. The zero-order chi connectivity index (χ0) is 12.4. The maximum atomic E-state index is 11.3. The van der Waals surface area contributed by atoms with Gasteiger partial charge in [-0.2, -0.15) is 0 Å². The number of amides is 2. The number of halogens is 2. The van der Waals surface area contributed by atoms with Crippen LogP contribution < -0.4 is 9.80 Å². The zero-order valence-electron chi connectivity index (χ0n) is 8.90. The smallest absolute Gasteiger partial charge is 0.297 e.